The monoisotopic (exact) mass is 417 g/mol. The fourth-order valence-corrected chi connectivity index (χ4v) is 3.60. The summed E-state index contributed by atoms with van der Waals surface area (Å²) in [4.78, 5) is 2.21. The highest BCUT2D eigenvalue weighted by atomic mass is 19.4. The summed E-state index contributed by atoms with van der Waals surface area (Å²) < 4.78 is 45.8. The van der Waals surface area contributed by atoms with Crippen LogP contribution in [-0.4, -0.2) is 44.4 Å². The topological polar surface area (TPSA) is 56.1 Å². The van der Waals surface area contributed by atoms with E-state index in [2.05, 4.69) is 32.6 Å². The first-order chi connectivity index (χ1) is 14.5. The van der Waals surface area contributed by atoms with E-state index in [1.54, 1.807) is 0 Å². The SMILES string of the molecule is FC(F)(F)c1ccc(-n2nnnc2CN(Cc2ccccc2)CC2CCCO2)cc1. The van der Waals surface area contributed by atoms with Gasteiger partial charge in [0, 0.05) is 19.7 Å². The van der Waals surface area contributed by atoms with E-state index in [1.807, 2.05) is 18.2 Å². The van der Waals surface area contributed by atoms with Crippen molar-refractivity contribution in [3.05, 3.63) is 71.5 Å². The summed E-state index contributed by atoms with van der Waals surface area (Å²) in [5.41, 5.74) is 0.939. The van der Waals surface area contributed by atoms with E-state index in [0.717, 1.165) is 43.7 Å². The van der Waals surface area contributed by atoms with Crippen molar-refractivity contribution in [2.75, 3.05) is 13.2 Å². The molecule has 0 bridgehead atoms. The minimum absolute atomic E-state index is 0.157. The lowest BCUT2D eigenvalue weighted by molar-refractivity contribution is -0.137. The summed E-state index contributed by atoms with van der Waals surface area (Å²) in [6.07, 6.45) is -2.16. The van der Waals surface area contributed by atoms with Gasteiger partial charge in [0.2, 0.25) is 0 Å². The second-order valence-electron chi connectivity index (χ2n) is 7.34. The summed E-state index contributed by atoms with van der Waals surface area (Å²) in [6, 6.07) is 14.9. The van der Waals surface area contributed by atoms with Crippen LogP contribution in [0.4, 0.5) is 13.2 Å². The standard InChI is InChI=1S/C21H22F3N5O/c22-21(23,24)17-8-10-18(11-9-17)29-20(25-26-27-29)15-28(14-19-7-4-12-30-19)13-16-5-2-1-3-6-16/h1-3,5-6,8-11,19H,4,7,12-15H2. The summed E-state index contributed by atoms with van der Waals surface area (Å²) in [5.74, 6) is 0.559. The zero-order valence-electron chi connectivity index (χ0n) is 16.3. The van der Waals surface area contributed by atoms with E-state index in [4.69, 9.17) is 4.74 Å². The maximum absolute atomic E-state index is 12.8. The molecule has 2 aromatic carbocycles. The Labute approximate surface area is 172 Å². The second-order valence-corrected chi connectivity index (χ2v) is 7.34. The maximum atomic E-state index is 12.8. The average molecular weight is 417 g/mol. The fourth-order valence-electron chi connectivity index (χ4n) is 3.60. The summed E-state index contributed by atoms with van der Waals surface area (Å²) in [7, 11) is 0. The van der Waals surface area contributed by atoms with Crippen molar-refractivity contribution >= 4 is 0 Å². The fraction of sp³-hybridized carbons (Fsp3) is 0.381. The van der Waals surface area contributed by atoms with Crippen LogP contribution in [0, 0.1) is 0 Å². The van der Waals surface area contributed by atoms with Crippen LogP contribution in [0.5, 0.6) is 0 Å². The first-order valence-electron chi connectivity index (χ1n) is 9.82. The number of aromatic nitrogens is 4. The molecule has 1 aromatic heterocycles. The van der Waals surface area contributed by atoms with Crippen molar-refractivity contribution in [1.82, 2.24) is 25.1 Å². The van der Waals surface area contributed by atoms with Gasteiger partial charge in [-0.25, -0.2) is 0 Å². The lowest BCUT2D eigenvalue weighted by Crippen LogP contribution is -2.32. The third-order valence-electron chi connectivity index (χ3n) is 5.07. The van der Waals surface area contributed by atoms with Crippen LogP contribution in [0.25, 0.3) is 5.69 Å². The molecule has 1 aliphatic heterocycles. The van der Waals surface area contributed by atoms with Crippen LogP contribution in [-0.2, 0) is 24.0 Å². The molecule has 0 saturated carbocycles. The van der Waals surface area contributed by atoms with E-state index in [-0.39, 0.29) is 6.10 Å². The number of tetrazole rings is 1. The predicted molar refractivity (Wildman–Crippen MR) is 104 cm³/mol. The van der Waals surface area contributed by atoms with Gasteiger partial charge >= 0.3 is 6.18 Å². The van der Waals surface area contributed by atoms with Crippen molar-refractivity contribution in [2.45, 2.75) is 38.2 Å². The van der Waals surface area contributed by atoms with Gasteiger partial charge in [0.05, 0.1) is 23.9 Å². The lowest BCUT2D eigenvalue weighted by atomic mass is 10.2. The Morgan fingerprint density at radius 1 is 1.03 bits per heavy atom. The van der Waals surface area contributed by atoms with E-state index in [9.17, 15) is 13.2 Å². The Balaban J connectivity index is 1.53. The number of alkyl halides is 3. The van der Waals surface area contributed by atoms with E-state index >= 15 is 0 Å². The predicted octanol–water partition coefficient (Wildman–Crippen LogP) is 3.86. The number of nitrogens with zero attached hydrogens (tertiary/aromatic N) is 5. The molecule has 0 spiro atoms. The Kier molecular flexibility index (Phi) is 6.10. The highest BCUT2D eigenvalue weighted by Crippen LogP contribution is 2.29. The number of hydrogen-bond donors (Lipinski definition) is 0. The van der Waals surface area contributed by atoms with E-state index in [1.165, 1.54) is 16.8 Å². The number of benzene rings is 2. The van der Waals surface area contributed by atoms with Crippen LogP contribution in [0.2, 0.25) is 0 Å². The molecule has 0 N–H and O–H groups in total. The average Bonchev–Trinajstić information content (AvgIpc) is 3.40. The van der Waals surface area contributed by atoms with Gasteiger partial charge in [-0.2, -0.15) is 17.9 Å². The summed E-state index contributed by atoms with van der Waals surface area (Å²) in [6.45, 7) is 2.64. The van der Waals surface area contributed by atoms with Gasteiger partial charge < -0.3 is 4.74 Å². The van der Waals surface area contributed by atoms with Crippen LogP contribution in [0.1, 0.15) is 29.8 Å². The van der Waals surface area contributed by atoms with Crippen LogP contribution in [0.3, 0.4) is 0 Å². The zero-order valence-corrected chi connectivity index (χ0v) is 16.3. The Hall–Kier alpha value is -2.78. The Morgan fingerprint density at radius 3 is 2.47 bits per heavy atom. The number of rotatable bonds is 7. The third kappa shape index (κ3) is 5.03. The van der Waals surface area contributed by atoms with Crippen molar-refractivity contribution in [1.29, 1.82) is 0 Å². The molecule has 3 aromatic rings. The zero-order chi connectivity index (χ0) is 21.0. The smallest absolute Gasteiger partial charge is 0.377 e. The van der Waals surface area contributed by atoms with Crippen molar-refractivity contribution in [3.8, 4) is 5.69 Å². The summed E-state index contributed by atoms with van der Waals surface area (Å²) in [5, 5.41) is 11.8. The van der Waals surface area contributed by atoms with Gasteiger partial charge in [0.25, 0.3) is 0 Å². The molecule has 158 valence electrons. The van der Waals surface area contributed by atoms with Crippen molar-refractivity contribution in [3.63, 3.8) is 0 Å². The normalized spacial score (nSPS) is 17.0. The molecule has 1 saturated heterocycles. The number of ether oxygens (including phenoxy) is 1. The molecule has 6 nitrogen and oxygen atoms in total. The summed E-state index contributed by atoms with van der Waals surface area (Å²) >= 11 is 0. The molecular formula is C21H22F3N5O. The number of halogens is 3. The second kappa shape index (κ2) is 8.93. The minimum Gasteiger partial charge on any atom is -0.377 e. The molecule has 0 radical (unpaired) electrons. The van der Waals surface area contributed by atoms with Gasteiger partial charge in [-0.15, -0.1) is 5.10 Å². The molecule has 1 fully saturated rings. The largest absolute Gasteiger partial charge is 0.416 e. The van der Waals surface area contributed by atoms with Crippen LogP contribution in [0.15, 0.2) is 54.6 Å². The van der Waals surface area contributed by atoms with Gasteiger partial charge in [-0.05, 0) is 53.1 Å². The van der Waals surface area contributed by atoms with Gasteiger partial charge in [-0.3, -0.25) is 4.90 Å². The molecular weight excluding hydrogens is 395 g/mol. The Morgan fingerprint density at radius 2 is 1.80 bits per heavy atom. The molecule has 9 heteroatoms. The molecule has 1 atom stereocenters. The molecule has 0 amide bonds. The first kappa shape index (κ1) is 20.5. The quantitative estimate of drug-likeness (QED) is 0.584. The molecule has 1 aliphatic rings. The number of hydrogen-bond acceptors (Lipinski definition) is 5. The minimum atomic E-state index is -4.38. The molecule has 4 rings (SSSR count). The third-order valence-corrected chi connectivity index (χ3v) is 5.07. The van der Waals surface area contributed by atoms with Gasteiger partial charge in [0.1, 0.15) is 0 Å². The molecule has 0 aliphatic carbocycles. The van der Waals surface area contributed by atoms with Gasteiger partial charge in [-0.1, -0.05) is 30.3 Å². The molecule has 2 heterocycles. The van der Waals surface area contributed by atoms with E-state index < -0.39 is 11.7 Å². The highest BCUT2D eigenvalue weighted by Gasteiger charge is 2.30. The van der Waals surface area contributed by atoms with Gasteiger partial charge in [0.15, 0.2) is 5.82 Å². The molecule has 30 heavy (non-hydrogen) atoms. The van der Waals surface area contributed by atoms with Crippen LogP contribution >= 0.6 is 0 Å². The maximum Gasteiger partial charge on any atom is 0.416 e. The lowest BCUT2D eigenvalue weighted by Gasteiger charge is -2.24. The van der Waals surface area contributed by atoms with E-state index in [0.29, 0.717) is 24.6 Å². The Bertz CT molecular complexity index is 937. The van der Waals surface area contributed by atoms with Crippen molar-refractivity contribution < 1.29 is 17.9 Å². The van der Waals surface area contributed by atoms with Crippen molar-refractivity contribution in [2.24, 2.45) is 0 Å². The molecule has 1 unspecified atom stereocenters. The highest BCUT2D eigenvalue weighted by molar-refractivity contribution is 5.35. The first-order valence-corrected chi connectivity index (χ1v) is 9.82. The van der Waals surface area contributed by atoms with Crippen LogP contribution < -0.4 is 0 Å².